The second kappa shape index (κ2) is 7.15. The monoisotopic (exact) mass is 381 g/mol. The fraction of sp³-hybridized carbons (Fsp3) is 0.150. The number of aryl methyl sites for hydroxylation is 1. The maximum absolute atomic E-state index is 14.1. The number of carbonyl (C=O) groups is 1. The standard InChI is InChI=1S/C20H16FN3O4/c1-11-2-4-14(21)13(6-11)15-8-16(24-20(26)23-15)19(25)22-9-12-3-5-17-18(7-12)28-10-27-17/h2-8H,9-10H2,1H3,(H,22,25)(H,23,24,26). The van der Waals surface area contributed by atoms with Gasteiger partial charge in [0.1, 0.15) is 11.5 Å². The molecule has 0 bridgehead atoms. The maximum Gasteiger partial charge on any atom is 0.346 e. The van der Waals surface area contributed by atoms with Crippen LogP contribution < -0.4 is 20.5 Å². The Morgan fingerprint density at radius 1 is 1.18 bits per heavy atom. The van der Waals surface area contributed by atoms with Gasteiger partial charge in [-0.05, 0) is 42.8 Å². The first kappa shape index (κ1) is 17.7. The van der Waals surface area contributed by atoms with E-state index in [1.807, 2.05) is 0 Å². The highest BCUT2D eigenvalue weighted by molar-refractivity contribution is 5.93. The lowest BCUT2D eigenvalue weighted by atomic mass is 10.1. The zero-order chi connectivity index (χ0) is 19.7. The SMILES string of the molecule is Cc1ccc(F)c(-c2cc(C(=O)NCc3ccc4c(c3)OCO4)[nH]c(=O)n2)c1. The summed E-state index contributed by atoms with van der Waals surface area (Å²) in [7, 11) is 0. The molecule has 7 nitrogen and oxygen atoms in total. The molecule has 0 unspecified atom stereocenters. The molecule has 1 amide bonds. The quantitative estimate of drug-likeness (QED) is 0.724. The average molecular weight is 381 g/mol. The largest absolute Gasteiger partial charge is 0.454 e. The van der Waals surface area contributed by atoms with Gasteiger partial charge < -0.3 is 19.8 Å². The number of H-pyrrole nitrogens is 1. The molecule has 4 rings (SSSR count). The molecule has 0 spiro atoms. The summed E-state index contributed by atoms with van der Waals surface area (Å²) in [5.74, 6) is 0.238. The number of carbonyl (C=O) groups excluding carboxylic acids is 1. The highest BCUT2D eigenvalue weighted by Crippen LogP contribution is 2.32. The lowest BCUT2D eigenvalue weighted by Gasteiger charge is -2.08. The predicted octanol–water partition coefficient (Wildman–Crippen LogP) is 2.54. The fourth-order valence-electron chi connectivity index (χ4n) is 2.88. The number of fused-ring (bicyclic) bond motifs is 1. The van der Waals surface area contributed by atoms with Crippen LogP contribution in [-0.4, -0.2) is 22.7 Å². The molecule has 0 aliphatic carbocycles. The van der Waals surface area contributed by atoms with E-state index < -0.39 is 17.4 Å². The summed E-state index contributed by atoms with van der Waals surface area (Å²) in [5.41, 5.74) is 1.14. The van der Waals surface area contributed by atoms with Crippen LogP contribution in [0.4, 0.5) is 4.39 Å². The van der Waals surface area contributed by atoms with Crippen LogP contribution in [0.1, 0.15) is 21.6 Å². The van der Waals surface area contributed by atoms with E-state index in [-0.39, 0.29) is 30.3 Å². The van der Waals surface area contributed by atoms with Crippen LogP contribution in [0, 0.1) is 12.7 Å². The van der Waals surface area contributed by atoms with E-state index in [1.54, 1.807) is 37.3 Å². The summed E-state index contributed by atoms with van der Waals surface area (Å²) in [6, 6.07) is 11.2. The van der Waals surface area contributed by atoms with Gasteiger partial charge in [0.05, 0.1) is 5.69 Å². The minimum absolute atomic E-state index is 0.00310. The van der Waals surface area contributed by atoms with Crippen molar-refractivity contribution in [3.8, 4) is 22.8 Å². The fourth-order valence-corrected chi connectivity index (χ4v) is 2.88. The molecule has 2 N–H and O–H groups in total. The number of hydrogen-bond acceptors (Lipinski definition) is 5. The van der Waals surface area contributed by atoms with Gasteiger partial charge in [0.15, 0.2) is 11.5 Å². The number of hydrogen-bond donors (Lipinski definition) is 2. The summed E-state index contributed by atoms with van der Waals surface area (Å²) in [6.07, 6.45) is 0. The molecule has 0 radical (unpaired) electrons. The Labute approximate surface area is 159 Å². The predicted molar refractivity (Wildman–Crippen MR) is 98.7 cm³/mol. The molecular formula is C20H16FN3O4. The number of amides is 1. The molecule has 0 atom stereocenters. The molecule has 3 aromatic rings. The summed E-state index contributed by atoms with van der Waals surface area (Å²) in [6.45, 7) is 2.19. The van der Waals surface area contributed by atoms with Crippen molar-refractivity contribution in [2.24, 2.45) is 0 Å². The molecule has 1 aliphatic heterocycles. The average Bonchev–Trinajstić information content (AvgIpc) is 3.15. The van der Waals surface area contributed by atoms with Crippen molar-refractivity contribution in [1.29, 1.82) is 0 Å². The first-order valence-corrected chi connectivity index (χ1v) is 8.54. The van der Waals surface area contributed by atoms with Crippen LogP contribution in [0.5, 0.6) is 11.5 Å². The van der Waals surface area contributed by atoms with E-state index in [1.165, 1.54) is 12.1 Å². The van der Waals surface area contributed by atoms with Gasteiger partial charge in [-0.1, -0.05) is 17.7 Å². The third-order valence-electron chi connectivity index (χ3n) is 4.28. The molecule has 0 saturated carbocycles. The summed E-state index contributed by atoms with van der Waals surface area (Å²) in [4.78, 5) is 30.5. The molecule has 28 heavy (non-hydrogen) atoms. The minimum Gasteiger partial charge on any atom is -0.454 e. The van der Waals surface area contributed by atoms with Crippen LogP contribution in [0.2, 0.25) is 0 Å². The Bertz CT molecular complexity index is 1130. The lowest BCUT2D eigenvalue weighted by Crippen LogP contribution is -2.27. The topological polar surface area (TPSA) is 93.3 Å². The molecule has 8 heteroatoms. The molecule has 1 aromatic heterocycles. The number of halogens is 1. The third kappa shape index (κ3) is 3.57. The lowest BCUT2D eigenvalue weighted by molar-refractivity contribution is 0.0945. The summed E-state index contributed by atoms with van der Waals surface area (Å²) in [5, 5.41) is 2.71. The minimum atomic E-state index is -0.730. The zero-order valence-electron chi connectivity index (χ0n) is 14.9. The van der Waals surface area contributed by atoms with Gasteiger partial charge in [0, 0.05) is 12.1 Å². The van der Waals surface area contributed by atoms with Crippen molar-refractivity contribution in [3.63, 3.8) is 0 Å². The van der Waals surface area contributed by atoms with Crippen LogP contribution in [0.15, 0.2) is 47.3 Å². The number of nitrogens with one attached hydrogen (secondary N) is 2. The van der Waals surface area contributed by atoms with Crippen molar-refractivity contribution in [1.82, 2.24) is 15.3 Å². The molecule has 2 heterocycles. The highest BCUT2D eigenvalue weighted by atomic mass is 19.1. The van der Waals surface area contributed by atoms with Gasteiger partial charge in [-0.15, -0.1) is 0 Å². The van der Waals surface area contributed by atoms with Crippen LogP contribution in [0.3, 0.4) is 0 Å². The Balaban J connectivity index is 1.55. The van der Waals surface area contributed by atoms with Gasteiger partial charge in [-0.2, -0.15) is 4.98 Å². The number of rotatable bonds is 4. The van der Waals surface area contributed by atoms with Crippen molar-refractivity contribution in [2.75, 3.05) is 6.79 Å². The highest BCUT2D eigenvalue weighted by Gasteiger charge is 2.15. The van der Waals surface area contributed by atoms with Crippen molar-refractivity contribution in [2.45, 2.75) is 13.5 Å². The number of nitrogens with zero attached hydrogens (tertiary/aromatic N) is 1. The smallest absolute Gasteiger partial charge is 0.346 e. The number of benzene rings is 2. The Hall–Kier alpha value is -3.68. The van der Waals surface area contributed by atoms with Gasteiger partial charge in [0.2, 0.25) is 6.79 Å². The molecule has 0 saturated heterocycles. The van der Waals surface area contributed by atoms with Crippen molar-refractivity contribution < 1.29 is 18.7 Å². The third-order valence-corrected chi connectivity index (χ3v) is 4.28. The van der Waals surface area contributed by atoms with E-state index in [9.17, 15) is 14.0 Å². The van der Waals surface area contributed by atoms with E-state index in [4.69, 9.17) is 9.47 Å². The van der Waals surface area contributed by atoms with Gasteiger partial charge in [-0.25, -0.2) is 9.18 Å². The Kier molecular flexibility index (Phi) is 4.52. The maximum atomic E-state index is 14.1. The second-order valence-electron chi connectivity index (χ2n) is 6.34. The number of aromatic nitrogens is 2. The number of ether oxygens (including phenoxy) is 2. The molecule has 1 aliphatic rings. The van der Waals surface area contributed by atoms with E-state index in [0.717, 1.165) is 11.1 Å². The van der Waals surface area contributed by atoms with Crippen LogP contribution in [-0.2, 0) is 6.54 Å². The second-order valence-corrected chi connectivity index (χ2v) is 6.34. The number of aromatic amines is 1. The van der Waals surface area contributed by atoms with E-state index >= 15 is 0 Å². The summed E-state index contributed by atoms with van der Waals surface area (Å²) >= 11 is 0. The Morgan fingerprint density at radius 3 is 2.86 bits per heavy atom. The molecular weight excluding hydrogens is 365 g/mol. The van der Waals surface area contributed by atoms with Crippen molar-refractivity contribution >= 4 is 5.91 Å². The normalized spacial score (nSPS) is 12.1. The zero-order valence-corrected chi connectivity index (χ0v) is 14.9. The van der Waals surface area contributed by atoms with Crippen LogP contribution >= 0.6 is 0 Å². The van der Waals surface area contributed by atoms with E-state index in [2.05, 4.69) is 15.3 Å². The Morgan fingerprint density at radius 2 is 2.00 bits per heavy atom. The van der Waals surface area contributed by atoms with E-state index in [0.29, 0.717) is 11.5 Å². The molecule has 0 fully saturated rings. The van der Waals surface area contributed by atoms with Gasteiger partial charge >= 0.3 is 5.69 Å². The van der Waals surface area contributed by atoms with Gasteiger partial charge in [-0.3, -0.25) is 4.79 Å². The first-order valence-electron chi connectivity index (χ1n) is 8.54. The first-order chi connectivity index (χ1) is 13.5. The van der Waals surface area contributed by atoms with Crippen molar-refractivity contribution in [3.05, 3.63) is 75.6 Å². The molecule has 2 aromatic carbocycles. The molecule has 142 valence electrons. The van der Waals surface area contributed by atoms with Gasteiger partial charge in [0.25, 0.3) is 5.91 Å². The van der Waals surface area contributed by atoms with Crippen LogP contribution in [0.25, 0.3) is 11.3 Å². The summed E-state index contributed by atoms with van der Waals surface area (Å²) < 4.78 is 24.7.